The molecule has 0 unspecified atom stereocenters. The second-order valence-corrected chi connectivity index (χ2v) is 5.27. The number of methoxy groups -OCH3 is 1. The number of hydrogen-bond acceptors (Lipinski definition) is 5. The Kier molecular flexibility index (Phi) is 6.09. The summed E-state index contributed by atoms with van der Waals surface area (Å²) in [7, 11) is 1.47. The molecule has 0 spiro atoms. The molecule has 0 amide bonds. The van der Waals surface area contributed by atoms with E-state index in [9.17, 15) is 18.3 Å². The average molecular weight is 334 g/mol. The van der Waals surface area contributed by atoms with Gasteiger partial charge in [0, 0.05) is 44.4 Å². The van der Waals surface area contributed by atoms with Crippen molar-refractivity contribution in [2.75, 3.05) is 39.9 Å². The lowest BCUT2D eigenvalue weighted by atomic mass is 10.00. The van der Waals surface area contributed by atoms with Gasteiger partial charge in [-0.25, -0.2) is 0 Å². The van der Waals surface area contributed by atoms with Gasteiger partial charge >= 0.3 is 6.36 Å². The maximum Gasteiger partial charge on any atom is 0.573 e. The standard InChI is InChI=1S/C15H21F3N2O3/c1-22-14-3-2-11(23-15(16,17)18)10-12(14)13(4-9-21)20-7-5-19-6-8-20/h2-3,10,13,19,21H,4-9H2,1H3/t13-/m0/s1. The van der Waals surface area contributed by atoms with E-state index < -0.39 is 6.36 Å². The SMILES string of the molecule is COc1ccc(OC(F)(F)F)cc1[C@H](CCO)N1CCNCC1. The first-order valence-electron chi connectivity index (χ1n) is 7.44. The summed E-state index contributed by atoms with van der Waals surface area (Å²) < 4.78 is 46.6. The van der Waals surface area contributed by atoms with Gasteiger partial charge in [0.1, 0.15) is 11.5 Å². The Bertz CT molecular complexity index is 505. The van der Waals surface area contributed by atoms with Gasteiger partial charge in [-0.05, 0) is 24.6 Å². The Labute approximate surface area is 133 Å². The molecule has 1 aromatic rings. The van der Waals surface area contributed by atoms with Gasteiger partial charge < -0.3 is 19.9 Å². The van der Waals surface area contributed by atoms with Crippen LogP contribution in [-0.2, 0) is 0 Å². The molecule has 1 aliphatic heterocycles. The Balaban J connectivity index is 2.32. The fourth-order valence-corrected chi connectivity index (χ4v) is 2.82. The quantitative estimate of drug-likeness (QED) is 0.832. The second-order valence-electron chi connectivity index (χ2n) is 5.27. The number of aliphatic hydroxyl groups is 1. The van der Waals surface area contributed by atoms with Gasteiger partial charge in [-0.15, -0.1) is 13.2 Å². The molecule has 1 aromatic carbocycles. The van der Waals surface area contributed by atoms with E-state index in [0.29, 0.717) is 17.7 Å². The summed E-state index contributed by atoms with van der Waals surface area (Å²) in [6, 6.07) is 3.80. The summed E-state index contributed by atoms with van der Waals surface area (Å²) in [5.74, 6) is 0.197. The lowest BCUT2D eigenvalue weighted by molar-refractivity contribution is -0.274. The Morgan fingerprint density at radius 3 is 2.57 bits per heavy atom. The van der Waals surface area contributed by atoms with Crippen molar-refractivity contribution in [2.24, 2.45) is 0 Å². The minimum absolute atomic E-state index is 0.0674. The maximum absolute atomic E-state index is 12.4. The number of ether oxygens (including phenoxy) is 2. The van der Waals surface area contributed by atoms with E-state index in [0.717, 1.165) is 26.2 Å². The fraction of sp³-hybridized carbons (Fsp3) is 0.600. The van der Waals surface area contributed by atoms with E-state index in [4.69, 9.17) is 4.74 Å². The van der Waals surface area contributed by atoms with Crippen molar-refractivity contribution in [1.29, 1.82) is 0 Å². The number of halogens is 3. The maximum atomic E-state index is 12.4. The molecule has 2 N–H and O–H groups in total. The van der Waals surface area contributed by atoms with Gasteiger partial charge in [0.05, 0.1) is 7.11 Å². The van der Waals surface area contributed by atoms with Crippen LogP contribution < -0.4 is 14.8 Å². The predicted molar refractivity (Wildman–Crippen MR) is 78.6 cm³/mol. The first-order chi connectivity index (χ1) is 10.9. The van der Waals surface area contributed by atoms with Gasteiger partial charge in [0.15, 0.2) is 0 Å². The molecule has 0 saturated carbocycles. The molecular formula is C15H21F3N2O3. The molecule has 23 heavy (non-hydrogen) atoms. The lowest BCUT2D eigenvalue weighted by Crippen LogP contribution is -2.45. The summed E-state index contributed by atoms with van der Waals surface area (Å²) in [5, 5.41) is 12.6. The first-order valence-corrected chi connectivity index (χ1v) is 7.44. The third kappa shape index (κ3) is 4.98. The van der Waals surface area contributed by atoms with Crippen LogP contribution in [-0.4, -0.2) is 56.3 Å². The van der Waals surface area contributed by atoms with E-state index in [1.807, 2.05) is 0 Å². The zero-order valence-electron chi connectivity index (χ0n) is 12.9. The summed E-state index contributed by atoms with van der Waals surface area (Å²) in [6.45, 7) is 3.02. The average Bonchev–Trinajstić information content (AvgIpc) is 2.52. The molecule has 1 atom stereocenters. The Morgan fingerprint density at radius 2 is 2.00 bits per heavy atom. The van der Waals surface area contributed by atoms with Crippen LogP contribution in [0.1, 0.15) is 18.0 Å². The molecular weight excluding hydrogens is 313 g/mol. The highest BCUT2D eigenvalue weighted by molar-refractivity contribution is 5.42. The number of benzene rings is 1. The minimum atomic E-state index is -4.74. The minimum Gasteiger partial charge on any atom is -0.496 e. The van der Waals surface area contributed by atoms with Crippen LogP contribution in [0.2, 0.25) is 0 Å². The number of alkyl halides is 3. The van der Waals surface area contributed by atoms with E-state index >= 15 is 0 Å². The molecule has 8 heteroatoms. The molecule has 0 radical (unpaired) electrons. The summed E-state index contributed by atoms with van der Waals surface area (Å²) in [5.41, 5.74) is 0.588. The zero-order chi connectivity index (χ0) is 16.9. The Hall–Kier alpha value is -1.51. The van der Waals surface area contributed by atoms with Crippen LogP contribution in [0, 0.1) is 0 Å². The molecule has 0 bridgehead atoms. The van der Waals surface area contributed by atoms with E-state index in [1.165, 1.54) is 25.3 Å². The summed E-state index contributed by atoms with van der Waals surface area (Å²) in [6.07, 6.45) is -4.33. The monoisotopic (exact) mass is 334 g/mol. The number of aliphatic hydroxyl groups excluding tert-OH is 1. The molecule has 130 valence electrons. The van der Waals surface area contributed by atoms with E-state index in [2.05, 4.69) is 15.0 Å². The van der Waals surface area contributed by atoms with Gasteiger partial charge in [-0.1, -0.05) is 0 Å². The van der Waals surface area contributed by atoms with Crippen molar-refractivity contribution in [2.45, 2.75) is 18.8 Å². The van der Waals surface area contributed by atoms with Crippen LogP contribution in [0.25, 0.3) is 0 Å². The third-order valence-electron chi connectivity index (χ3n) is 3.79. The predicted octanol–water partition coefficient (Wildman–Crippen LogP) is 1.92. The molecule has 0 aliphatic carbocycles. The highest BCUT2D eigenvalue weighted by atomic mass is 19.4. The van der Waals surface area contributed by atoms with Crippen LogP contribution >= 0.6 is 0 Å². The molecule has 5 nitrogen and oxygen atoms in total. The van der Waals surface area contributed by atoms with Gasteiger partial charge in [-0.3, -0.25) is 4.90 Å². The first kappa shape index (κ1) is 17.8. The summed E-state index contributed by atoms with van der Waals surface area (Å²) >= 11 is 0. The fourth-order valence-electron chi connectivity index (χ4n) is 2.82. The number of nitrogens with one attached hydrogen (secondary N) is 1. The van der Waals surface area contributed by atoms with Crippen molar-refractivity contribution in [1.82, 2.24) is 10.2 Å². The highest BCUT2D eigenvalue weighted by Gasteiger charge is 2.32. The lowest BCUT2D eigenvalue weighted by Gasteiger charge is -2.35. The number of piperazine rings is 1. The smallest absolute Gasteiger partial charge is 0.496 e. The van der Waals surface area contributed by atoms with E-state index in [1.54, 1.807) is 0 Å². The largest absolute Gasteiger partial charge is 0.573 e. The van der Waals surface area contributed by atoms with Crippen molar-refractivity contribution >= 4 is 0 Å². The highest BCUT2D eigenvalue weighted by Crippen LogP contribution is 2.36. The molecule has 0 aromatic heterocycles. The molecule has 1 heterocycles. The van der Waals surface area contributed by atoms with Gasteiger partial charge in [0.25, 0.3) is 0 Å². The third-order valence-corrected chi connectivity index (χ3v) is 3.79. The van der Waals surface area contributed by atoms with Gasteiger partial charge in [-0.2, -0.15) is 0 Å². The van der Waals surface area contributed by atoms with Crippen molar-refractivity contribution < 1.29 is 27.8 Å². The number of hydrogen-bond donors (Lipinski definition) is 2. The van der Waals surface area contributed by atoms with Gasteiger partial charge in [0.2, 0.25) is 0 Å². The van der Waals surface area contributed by atoms with Crippen molar-refractivity contribution in [3.8, 4) is 11.5 Å². The molecule has 1 aliphatic rings. The molecule has 2 rings (SSSR count). The van der Waals surface area contributed by atoms with E-state index in [-0.39, 0.29) is 18.4 Å². The Morgan fingerprint density at radius 1 is 1.30 bits per heavy atom. The zero-order valence-corrected chi connectivity index (χ0v) is 12.9. The topological polar surface area (TPSA) is 54.0 Å². The van der Waals surface area contributed by atoms with Crippen LogP contribution in [0.4, 0.5) is 13.2 Å². The van der Waals surface area contributed by atoms with Crippen molar-refractivity contribution in [3.63, 3.8) is 0 Å². The number of nitrogens with zero attached hydrogens (tertiary/aromatic N) is 1. The van der Waals surface area contributed by atoms with Crippen LogP contribution in [0.3, 0.4) is 0 Å². The second kappa shape index (κ2) is 7.85. The van der Waals surface area contributed by atoms with Crippen molar-refractivity contribution in [3.05, 3.63) is 23.8 Å². The normalized spacial score (nSPS) is 17.8. The molecule has 1 fully saturated rings. The molecule has 1 saturated heterocycles. The number of rotatable bonds is 6. The van der Waals surface area contributed by atoms with Crippen LogP contribution in [0.5, 0.6) is 11.5 Å². The van der Waals surface area contributed by atoms with Crippen LogP contribution in [0.15, 0.2) is 18.2 Å². The summed E-state index contributed by atoms with van der Waals surface area (Å²) in [4.78, 5) is 2.13.